The highest BCUT2D eigenvalue weighted by Gasteiger charge is 2.03. The summed E-state index contributed by atoms with van der Waals surface area (Å²) in [5.41, 5.74) is 2.52. The van der Waals surface area contributed by atoms with Crippen molar-refractivity contribution in [2.75, 3.05) is 0 Å². The maximum absolute atomic E-state index is 12.9. The van der Waals surface area contributed by atoms with Gasteiger partial charge >= 0.3 is 0 Å². The van der Waals surface area contributed by atoms with E-state index in [1.807, 2.05) is 19.9 Å². The first-order chi connectivity index (χ1) is 6.19. The maximum Gasteiger partial charge on any atom is 0.123 e. The van der Waals surface area contributed by atoms with Gasteiger partial charge in [-0.2, -0.15) is 0 Å². The van der Waals surface area contributed by atoms with Crippen molar-refractivity contribution in [3.8, 4) is 0 Å². The van der Waals surface area contributed by atoms with Gasteiger partial charge in [-0.05, 0) is 44.3 Å². The van der Waals surface area contributed by atoms with Crippen LogP contribution in [0, 0.1) is 5.82 Å². The number of nitrogens with zero attached hydrogens (tertiary/aromatic N) is 1. The molecule has 1 aromatic rings. The summed E-state index contributed by atoms with van der Waals surface area (Å²) in [5, 5.41) is 0. The van der Waals surface area contributed by atoms with Gasteiger partial charge in [-0.1, -0.05) is 6.08 Å². The zero-order valence-corrected chi connectivity index (χ0v) is 7.84. The molecule has 0 aliphatic carbocycles. The van der Waals surface area contributed by atoms with Gasteiger partial charge in [0.1, 0.15) is 5.82 Å². The molecule has 0 aromatic heterocycles. The molecular formula is C11H12FN. The highest BCUT2D eigenvalue weighted by molar-refractivity contribution is 5.74. The summed E-state index contributed by atoms with van der Waals surface area (Å²) in [5.74, 6) is -0.247. The van der Waals surface area contributed by atoms with Crippen LogP contribution in [0.3, 0.4) is 0 Å². The van der Waals surface area contributed by atoms with Crippen molar-refractivity contribution in [3.63, 3.8) is 0 Å². The highest BCUT2D eigenvalue weighted by Crippen LogP contribution is 2.26. The Balaban J connectivity index is 3.31. The Morgan fingerprint density at radius 1 is 1.54 bits per heavy atom. The summed E-state index contributed by atoms with van der Waals surface area (Å²) in [6, 6.07) is 4.49. The van der Waals surface area contributed by atoms with Gasteiger partial charge in [0.25, 0.3) is 0 Å². The minimum Gasteiger partial charge on any atom is -0.264 e. The molecule has 0 aliphatic rings. The van der Waals surface area contributed by atoms with Crippen LogP contribution < -0.4 is 0 Å². The van der Waals surface area contributed by atoms with Crippen LogP contribution in [0.4, 0.5) is 10.1 Å². The largest absolute Gasteiger partial charge is 0.264 e. The standard InChI is InChI=1S/C11H12FN/c1-4-8(2)10-7-9(12)5-6-11(10)13-3/h4-7H,3H2,1-2H3/b8-4-. The van der Waals surface area contributed by atoms with E-state index in [0.29, 0.717) is 0 Å². The third-order valence-corrected chi connectivity index (χ3v) is 1.99. The lowest BCUT2D eigenvalue weighted by Gasteiger charge is -2.04. The van der Waals surface area contributed by atoms with Gasteiger partial charge in [-0.15, -0.1) is 0 Å². The van der Waals surface area contributed by atoms with Crippen molar-refractivity contribution in [3.05, 3.63) is 35.7 Å². The minimum atomic E-state index is -0.247. The monoisotopic (exact) mass is 177 g/mol. The minimum absolute atomic E-state index is 0.247. The number of rotatable bonds is 2. The number of hydrogen-bond acceptors (Lipinski definition) is 1. The van der Waals surface area contributed by atoms with Crippen LogP contribution in [0.15, 0.2) is 29.3 Å². The van der Waals surface area contributed by atoms with Crippen LogP contribution in [-0.2, 0) is 0 Å². The van der Waals surface area contributed by atoms with Gasteiger partial charge in [-0.25, -0.2) is 4.39 Å². The second kappa shape index (κ2) is 3.99. The average Bonchev–Trinajstić information content (AvgIpc) is 2.16. The molecule has 68 valence electrons. The molecule has 0 atom stereocenters. The van der Waals surface area contributed by atoms with Crippen LogP contribution in [-0.4, -0.2) is 6.72 Å². The molecule has 0 spiro atoms. The van der Waals surface area contributed by atoms with Gasteiger partial charge in [0.05, 0.1) is 5.69 Å². The molecule has 0 unspecified atom stereocenters. The Kier molecular flexibility index (Phi) is 2.96. The van der Waals surface area contributed by atoms with Crippen LogP contribution in [0.5, 0.6) is 0 Å². The summed E-state index contributed by atoms with van der Waals surface area (Å²) in [7, 11) is 0. The zero-order chi connectivity index (χ0) is 9.84. The molecule has 0 saturated heterocycles. The third-order valence-electron chi connectivity index (χ3n) is 1.99. The first kappa shape index (κ1) is 9.65. The molecule has 0 saturated carbocycles. The molecule has 1 rings (SSSR count). The molecule has 0 heterocycles. The molecule has 1 nitrogen and oxygen atoms in total. The van der Waals surface area contributed by atoms with Crippen molar-refractivity contribution in [2.24, 2.45) is 4.99 Å². The normalized spacial score (nSPS) is 11.5. The Labute approximate surface area is 77.6 Å². The number of halogens is 1. The fraction of sp³-hybridized carbons (Fsp3) is 0.182. The van der Waals surface area contributed by atoms with Crippen molar-refractivity contribution in [1.29, 1.82) is 0 Å². The van der Waals surface area contributed by atoms with E-state index in [1.54, 1.807) is 6.07 Å². The molecule has 0 bridgehead atoms. The molecule has 0 amide bonds. The van der Waals surface area contributed by atoms with Crippen LogP contribution in [0.1, 0.15) is 19.4 Å². The molecule has 0 aliphatic heterocycles. The SMILES string of the molecule is C=Nc1ccc(F)cc1/C(C)=C\C. The summed E-state index contributed by atoms with van der Waals surface area (Å²) in [4.78, 5) is 3.82. The van der Waals surface area contributed by atoms with Gasteiger partial charge in [0, 0.05) is 5.56 Å². The molecule has 0 fully saturated rings. The zero-order valence-electron chi connectivity index (χ0n) is 7.84. The van der Waals surface area contributed by atoms with Crippen LogP contribution in [0.2, 0.25) is 0 Å². The lowest BCUT2D eigenvalue weighted by Crippen LogP contribution is -1.83. The summed E-state index contributed by atoms with van der Waals surface area (Å²) < 4.78 is 12.9. The van der Waals surface area contributed by atoms with E-state index in [9.17, 15) is 4.39 Å². The van der Waals surface area contributed by atoms with Crippen molar-refractivity contribution in [1.82, 2.24) is 0 Å². The topological polar surface area (TPSA) is 12.4 Å². The van der Waals surface area contributed by atoms with Crippen LogP contribution >= 0.6 is 0 Å². The van der Waals surface area contributed by atoms with E-state index in [-0.39, 0.29) is 5.82 Å². The molecule has 1 aromatic carbocycles. The number of aliphatic imine (C=N–C) groups is 1. The van der Waals surface area contributed by atoms with E-state index >= 15 is 0 Å². The Morgan fingerprint density at radius 2 is 2.23 bits per heavy atom. The lowest BCUT2D eigenvalue weighted by atomic mass is 10.1. The Bertz CT molecular complexity index is 353. The number of benzene rings is 1. The van der Waals surface area contributed by atoms with E-state index in [1.165, 1.54) is 12.1 Å². The van der Waals surface area contributed by atoms with Crippen LogP contribution in [0.25, 0.3) is 5.57 Å². The summed E-state index contributed by atoms with van der Waals surface area (Å²) >= 11 is 0. The number of allylic oxidation sites excluding steroid dienone is 2. The average molecular weight is 177 g/mol. The van der Waals surface area contributed by atoms with Crippen molar-refractivity contribution in [2.45, 2.75) is 13.8 Å². The Morgan fingerprint density at radius 3 is 2.77 bits per heavy atom. The molecule has 0 radical (unpaired) electrons. The molecule has 2 heteroatoms. The second-order valence-electron chi connectivity index (χ2n) is 2.79. The van der Waals surface area contributed by atoms with Gasteiger partial charge in [0.2, 0.25) is 0 Å². The quantitative estimate of drug-likeness (QED) is 0.612. The smallest absolute Gasteiger partial charge is 0.123 e. The fourth-order valence-electron chi connectivity index (χ4n) is 1.12. The summed E-state index contributed by atoms with van der Waals surface area (Å²) in [6.45, 7) is 7.27. The van der Waals surface area contributed by atoms with E-state index in [0.717, 1.165) is 16.8 Å². The molecular weight excluding hydrogens is 165 g/mol. The van der Waals surface area contributed by atoms with E-state index in [4.69, 9.17) is 0 Å². The third kappa shape index (κ3) is 2.02. The van der Waals surface area contributed by atoms with Gasteiger partial charge in [-0.3, -0.25) is 4.99 Å². The highest BCUT2D eigenvalue weighted by atomic mass is 19.1. The van der Waals surface area contributed by atoms with Crippen molar-refractivity contribution >= 4 is 18.0 Å². The predicted octanol–water partition coefficient (Wildman–Crippen LogP) is 3.58. The molecule has 13 heavy (non-hydrogen) atoms. The van der Waals surface area contributed by atoms with Crippen molar-refractivity contribution < 1.29 is 4.39 Å². The second-order valence-corrected chi connectivity index (χ2v) is 2.79. The molecule has 0 N–H and O–H groups in total. The number of hydrogen-bond donors (Lipinski definition) is 0. The van der Waals surface area contributed by atoms with Gasteiger partial charge < -0.3 is 0 Å². The Hall–Kier alpha value is -1.44. The summed E-state index contributed by atoms with van der Waals surface area (Å²) in [6.07, 6.45) is 1.92. The maximum atomic E-state index is 12.9. The lowest BCUT2D eigenvalue weighted by molar-refractivity contribution is 0.627. The fourth-order valence-corrected chi connectivity index (χ4v) is 1.12. The van der Waals surface area contributed by atoms with E-state index in [2.05, 4.69) is 11.7 Å². The predicted molar refractivity (Wildman–Crippen MR) is 54.9 cm³/mol. The first-order valence-electron chi connectivity index (χ1n) is 4.08. The van der Waals surface area contributed by atoms with E-state index < -0.39 is 0 Å². The first-order valence-corrected chi connectivity index (χ1v) is 4.08. The van der Waals surface area contributed by atoms with Gasteiger partial charge in [0.15, 0.2) is 0 Å².